The molecular weight excluding hydrogens is 447 g/mol. The molecule has 0 fully saturated rings. The molecule has 0 saturated carbocycles. The lowest BCUT2D eigenvalue weighted by molar-refractivity contribution is -0.0379. The van der Waals surface area contributed by atoms with Gasteiger partial charge in [0.1, 0.15) is 4.83 Å². The van der Waals surface area contributed by atoms with Gasteiger partial charge in [-0.1, -0.05) is 47.1 Å². The molecule has 4 nitrogen and oxygen atoms in total. The van der Waals surface area contributed by atoms with Crippen molar-refractivity contribution < 1.29 is 4.74 Å². The summed E-state index contributed by atoms with van der Waals surface area (Å²) in [5.74, 6) is 0.632. The second-order valence-corrected chi connectivity index (χ2v) is 10.4. The number of aromatic nitrogens is 2. The van der Waals surface area contributed by atoms with Gasteiger partial charge < -0.3 is 4.74 Å². The first-order valence-electron chi connectivity index (χ1n) is 9.16. The zero-order valence-corrected chi connectivity index (χ0v) is 19.3. The molecule has 152 valence electrons. The third kappa shape index (κ3) is 4.14. The van der Waals surface area contributed by atoms with Gasteiger partial charge in [0.2, 0.25) is 0 Å². The molecule has 0 amide bonds. The van der Waals surface area contributed by atoms with Crippen LogP contribution >= 0.6 is 46.3 Å². The highest BCUT2D eigenvalue weighted by Gasteiger charge is 2.31. The Kier molecular flexibility index (Phi) is 5.84. The van der Waals surface area contributed by atoms with Crippen molar-refractivity contribution in [3.63, 3.8) is 0 Å². The Labute approximate surface area is 187 Å². The summed E-state index contributed by atoms with van der Waals surface area (Å²) in [6.45, 7) is 8.85. The predicted molar refractivity (Wildman–Crippen MR) is 123 cm³/mol. The summed E-state index contributed by atoms with van der Waals surface area (Å²) in [5, 5.41) is 2.44. The molecule has 2 aromatic heterocycles. The molecule has 1 aliphatic rings. The molecule has 4 rings (SSSR count). The summed E-state index contributed by atoms with van der Waals surface area (Å²) in [5.41, 5.74) is 1.81. The van der Waals surface area contributed by atoms with Crippen LogP contribution in [0.1, 0.15) is 29.9 Å². The highest BCUT2D eigenvalue weighted by atomic mass is 35.5. The van der Waals surface area contributed by atoms with Crippen molar-refractivity contribution in [1.82, 2.24) is 9.55 Å². The van der Waals surface area contributed by atoms with Crippen molar-refractivity contribution in [1.29, 1.82) is 0 Å². The van der Waals surface area contributed by atoms with E-state index in [-0.39, 0.29) is 11.2 Å². The van der Waals surface area contributed by atoms with E-state index in [0.29, 0.717) is 40.5 Å². The molecule has 29 heavy (non-hydrogen) atoms. The Bertz CT molecular complexity index is 1170. The fraction of sp³-hybridized carbons (Fsp3) is 0.333. The van der Waals surface area contributed by atoms with Crippen LogP contribution in [-0.2, 0) is 30.1 Å². The van der Waals surface area contributed by atoms with Crippen molar-refractivity contribution in [2.24, 2.45) is 0 Å². The van der Waals surface area contributed by atoms with Gasteiger partial charge in [0.05, 0.1) is 27.6 Å². The molecule has 0 radical (unpaired) electrons. The summed E-state index contributed by atoms with van der Waals surface area (Å²) < 4.78 is 7.63. The van der Waals surface area contributed by atoms with Crippen LogP contribution in [0.2, 0.25) is 10.0 Å². The Hall–Kier alpha value is -1.31. The van der Waals surface area contributed by atoms with Gasteiger partial charge in [0.25, 0.3) is 5.56 Å². The van der Waals surface area contributed by atoms with Gasteiger partial charge in [-0.3, -0.25) is 9.36 Å². The average molecular weight is 467 g/mol. The number of hydrogen-bond acceptors (Lipinski definition) is 5. The van der Waals surface area contributed by atoms with Crippen molar-refractivity contribution in [3.8, 4) is 0 Å². The van der Waals surface area contributed by atoms with Crippen LogP contribution in [0.3, 0.4) is 0 Å². The Morgan fingerprint density at radius 3 is 2.90 bits per heavy atom. The smallest absolute Gasteiger partial charge is 0.263 e. The average Bonchev–Trinajstić information content (AvgIpc) is 3.02. The van der Waals surface area contributed by atoms with Crippen molar-refractivity contribution in [2.45, 2.75) is 49.9 Å². The number of thioether (sulfide) groups is 1. The van der Waals surface area contributed by atoms with E-state index in [1.54, 1.807) is 28.0 Å². The quantitative estimate of drug-likeness (QED) is 0.259. The summed E-state index contributed by atoms with van der Waals surface area (Å²) in [6, 6.07) is 5.55. The summed E-state index contributed by atoms with van der Waals surface area (Å²) in [4.78, 5) is 20.1. The highest BCUT2D eigenvalue weighted by Crippen LogP contribution is 2.38. The van der Waals surface area contributed by atoms with Gasteiger partial charge in [0.15, 0.2) is 5.16 Å². The molecular formula is C21H20Cl2N2O2S2. The zero-order valence-electron chi connectivity index (χ0n) is 16.1. The lowest BCUT2D eigenvalue weighted by Gasteiger charge is -2.29. The molecule has 0 spiro atoms. The first kappa shape index (κ1) is 20.9. The van der Waals surface area contributed by atoms with Gasteiger partial charge in [0, 0.05) is 23.6 Å². The molecule has 0 N–H and O–H groups in total. The first-order chi connectivity index (χ1) is 13.8. The third-order valence-corrected chi connectivity index (χ3v) is 7.71. The van der Waals surface area contributed by atoms with Crippen molar-refractivity contribution in [3.05, 3.63) is 67.3 Å². The van der Waals surface area contributed by atoms with Gasteiger partial charge in [-0.05, 0) is 37.1 Å². The van der Waals surface area contributed by atoms with Crippen LogP contribution in [-0.4, -0.2) is 15.2 Å². The van der Waals surface area contributed by atoms with Crippen LogP contribution in [0.5, 0.6) is 0 Å². The molecule has 0 saturated heterocycles. The molecule has 0 atom stereocenters. The van der Waals surface area contributed by atoms with Crippen LogP contribution in [0.4, 0.5) is 0 Å². The van der Waals surface area contributed by atoms with E-state index in [0.717, 1.165) is 26.2 Å². The van der Waals surface area contributed by atoms with Crippen molar-refractivity contribution >= 4 is 56.5 Å². The predicted octanol–water partition coefficient (Wildman–Crippen LogP) is 6.09. The molecule has 0 aliphatic carbocycles. The Balaban J connectivity index is 1.76. The van der Waals surface area contributed by atoms with Gasteiger partial charge >= 0.3 is 0 Å². The topological polar surface area (TPSA) is 44.1 Å². The number of benzene rings is 1. The summed E-state index contributed by atoms with van der Waals surface area (Å²) >= 11 is 15.2. The van der Waals surface area contributed by atoms with E-state index in [2.05, 4.69) is 20.4 Å². The first-order valence-corrected chi connectivity index (χ1v) is 11.7. The lowest BCUT2D eigenvalue weighted by Crippen LogP contribution is -2.32. The molecule has 1 aliphatic heterocycles. The Morgan fingerprint density at radius 2 is 2.17 bits per heavy atom. The molecule has 0 unspecified atom stereocenters. The van der Waals surface area contributed by atoms with E-state index in [1.165, 1.54) is 11.8 Å². The molecule has 1 aromatic carbocycles. The number of hydrogen-bond donors (Lipinski definition) is 0. The molecule has 8 heteroatoms. The molecule has 3 heterocycles. The van der Waals surface area contributed by atoms with Gasteiger partial charge in [-0.15, -0.1) is 17.9 Å². The fourth-order valence-electron chi connectivity index (χ4n) is 3.38. The SMILES string of the molecule is C=CCn1c(SCc2ccc(Cl)c(Cl)c2)nc2sc3c(c2c1=O)CC(C)(C)OC3. The number of fused-ring (bicyclic) bond motifs is 3. The van der Waals surface area contributed by atoms with Crippen LogP contribution in [0, 0.1) is 0 Å². The number of rotatable bonds is 5. The second-order valence-electron chi connectivity index (χ2n) is 7.55. The summed E-state index contributed by atoms with van der Waals surface area (Å²) in [6.07, 6.45) is 2.44. The van der Waals surface area contributed by atoms with Crippen molar-refractivity contribution in [2.75, 3.05) is 0 Å². The normalized spacial score (nSPS) is 15.4. The van der Waals surface area contributed by atoms with Gasteiger partial charge in [-0.25, -0.2) is 4.98 Å². The number of thiophene rings is 1. The van der Waals surface area contributed by atoms with Crippen LogP contribution in [0.25, 0.3) is 10.2 Å². The Morgan fingerprint density at radius 1 is 1.38 bits per heavy atom. The molecule has 3 aromatic rings. The van der Waals surface area contributed by atoms with E-state index in [9.17, 15) is 4.79 Å². The highest BCUT2D eigenvalue weighted by molar-refractivity contribution is 7.98. The number of allylic oxidation sites excluding steroid dienone is 1. The van der Waals surface area contributed by atoms with E-state index >= 15 is 0 Å². The minimum absolute atomic E-state index is 0.0123. The van der Waals surface area contributed by atoms with Crippen LogP contribution < -0.4 is 5.56 Å². The second kappa shape index (κ2) is 8.08. The maximum absolute atomic E-state index is 13.4. The van der Waals surface area contributed by atoms with Crippen LogP contribution in [0.15, 0.2) is 40.8 Å². The molecule has 0 bridgehead atoms. The van der Waals surface area contributed by atoms with E-state index in [4.69, 9.17) is 32.9 Å². The minimum atomic E-state index is -0.280. The maximum Gasteiger partial charge on any atom is 0.263 e. The maximum atomic E-state index is 13.4. The third-order valence-electron chi connectivity index (χ3n) is 4.82. The van der Waals surface area contributed by atoms with E-state index < -0.39 is 0 Å². The lowest BCUT2D eigenvalue weighted by atomic mass is 9.94. The number of nitrogens with zero attached hydrogens (tertiary/aromatic N) is 2. The van der Waals surface area contributed by atoms with E-state index in [1.807, 2.05) is 12.1 Å². The fourth-order valence-corrected chi connectivity index (χ4v) is 5.80. The summed E-state index contributed by atoms with van der Waals surface area (Å²) in [7, 11) is 0. The number of halogens is 2. The zero-order chi connectivity index (χ0) is 20.8. The van der Waals surface area contributed by atoms with Gasteiger partial charge in [-0.2, -0.15) is 0 Å². The number of ether oxygens (including phenoxy) is 1. The standard InChI is InChI=1S/C21H20Cl2N2O2S2/c1-4-7-25-19(26)17-13-9-21(2,3)27-10-16(13)29-18(17)24-20(25)28-11-12-5-6-14(22)15(23)8-12/h4-6,8H,1,7,9-11H2,2-3H3. The monoisotopic (exact) mass is 466 g/mol. The minimum Gasteiger partial charge on any atom is -0.370 e. The largest absolute Gasteiger partial charge is 0.370 e.